The highest BCUT2D eigenvalue weighted by atomic mass is 16.6. The number of quaternary nitrogens is 2. The first-order valence-corrected chi connectivity index (χ1v) is 9.46. The molecule has 3 aliphatic rings. The standard InChI is InChI=1S/C9H8N4O4.2C4H9N/c10-5-7(12(14)15)9(3-1-2-4-9)8(6-11)13(16)17;2*1-2-4-5-3-1/h1-4H2;2*5H,1-4H2/q-2;;/p+2. The van der Waals surface area contributed by atoms with Gasteiger partial charge in [0, 0.05) is 25.7 Å². The van der Waals surface area contributed by atoms with Crippen molar-refractivity contribution in [3.05, 3.63) is 42.4 Å². The molecule has 2 saturated heterocycles. The Labute approximate surface area is 158 Å². The largest absolute Gasteiger partial charge is 0.758 e. The molecule has 0 aromatic heterocycles. The van der Waals surface area contributed by atoms with Crippen LogP contribution in [0.2, 0.25) is 0 Å². The van der Waals surface area contributed by atoms with Gasteiger partial charge < -0.3 is 21.5 Å². The predicted octanol–water partition coefficient (Wildman–Crippen LogP) is 0.0334. The van der Waals surface area contributed by atoms with Crippen LogP contribution in [0.1, 0.15) is 51.4 Å². The molecule has 10 nitrogen and oxygen atoms in total. The SMILES string of the molecule is C1CC[NH2+]C1.C1CC[NH2+]C1.[N-]=C=C([N+](=O)[O-])C1(C(=C=[N-])[N+](=O)[O-])CCCC1. The van der Waals surface area contributed by atoms with Gasteiger partial charge in [0.05, 0.1) is 36.0 Å². The monoisotopic (exact) mass is 380 g/mol. The van der Waals surface area contributed by atoms with Gasteiger partial charge in [-0.15, -0.1) is 0 Å². The Balaban J connectivity index is 0.000000291. The Hall–Kier alpha value is -2.38. The third kappa shape index (κ3) is 6.69. The maximum Gasteiger partial charge on any atom is 0.283 e. The van der Waals surface area contributed by atoms with Crippen molar-refractivity contribution in [3.8, 4) is 0 Å². The average molecular weight is 380 g/mol. The third-order valence-electron chi connectivity index (χ3n) is 5.07. The summed E-state index contributed by atoms with van der Waals surface area (Å²) in [6, 6.07) is 0. The molecule has 27 heavy (non-hydrogen) atoms. The van der Waals surface area contributed by atoms with Crippen molar-refractivity contribution in [3.63, 3.8) is 0 Å². The van der Waals surface area contributed by atoms with Gasteiger partial charge in [-0.25, -0.2) is 0 Å². The fourth-order valence-electron chi connectivity index (χ4n) is 3.65. The molecule has 1 aliphatic carbocycles. The molecule has 0 aromatic rings. The minimum absolute atomic E-state index is 0.0980. The van der Waals surface area contributed by atoms with E-state index in [0.29, 0.717) is 12.8 Å². The van der Waals surface area contributed by atoms with Gasteiger partial charge in [0.2, 0.25) is 0 Å². The molecule has 0 aromatic carbocycles. The van der Waals surface area contributed by atoms with E-state index in [1.807, 2.05) is 0 Å². The fourth-order valence-corrected chi connectivity index (χ4v) is 3.65. The first-order chi connectivity index (χ1) is 13.0. The first kappa shape index (κ1) is 22.7. The van der Waals surface area contributed by atoms with Crippen LogP contribution in [0.5, 0.6) is 0 Å². The highest BCUT2D eigenvalue weighted by Crippen LogP contribution is 2.48. The van der Waals surface area contributed by atoms with Gasteiger partial charge in [0.15, 0.2) is 5.41 Å². The lowest BCUT2D eigenvalue weighted by atomic mass is 9.80. The van der Waals surface area contributed by atoms with E-state index in [4.69, 9.17) is 10.8 Å². The van der Waals surface area contributed by atoms with Gasteiger partial charge in [0.1, 0.15) is 0 Å². The molecule has 1 saturated carbocycles. The molecule has 10 heteroatoms. The van der Waals surface area contributed by atoms with Crippen molar-refractivity contribution in [1.82, 2.24) is 0 Å². The van der Waals surface area contributed by atoms with E-state index >= 15 is 0 Å². The Morgan fingerprint density at radius 3 is 1.26 bits per heavy atom. The van der Waals surface area contributed by atoms with E-state index in [1.165, 1.54) is 63.6 Å². The molecule has 0 bridgehead atoms. The summed E-state index contributed by atoms with van der Waals surface area (Å²) in [7, 11) is 0. The zero-order valence-electron chi connectivity index (χ0n) is 15.6. The minimum Gasteiger partial charge on any atom is -0.758 e. The number of rotatable bonds is 4. The molecule has 3 rings (SSSR count). The Bertz CT molecular complexity index is 546. The van der Waals surface area contributed by atoms with E-state index in [9.17, 15) is 20.2 Å². The van der Waals surface area contributed by atoms with Crippen LogP contribution in [-0.2, 0) is 0 Å². The molecule has 0 amide bonds. The van der Waals surface area contributed by atoms with Crippen LogP contribution in [0.25, 0.3) is 10.8 Å². The average Bonchev–Trinajstić information content (AvgIpc) is 3.41. The molecule has 2 aliphatic heterocycles. The molecule has 0 spiro atoms. The molecular weight excluding hydrogens is 352 g/mol. The summed E-state index contributed by atoms with van der Waals surface area (Å²) in [5.74, 6) is 2.79. The zero-order chi connectivity index (χ0) is 20.1. The van der Waals surface area contributed by atoms with Crippen molar-refractivity contribution in [1.29, 1.82) is 0 Å². The number of hydrogen-bond donors (Lipinski definition) is 2. The van der Waals surface area contributed by atoms with Gasteiger partial charge in [-0.2, -0.15) is 11.7 Å². The number of nitrogens with two attached hydrogens (primary N) is 2. The maximum absolute atomic E-state index is 10.8. The van der Waals surface area contributed by atoms with E-state index in [-0.39, 0.29) is 12.8 Å². The number of nitro groups is 2. The summed E-state index contributed by atoms with van der Waals surface area (Å²) in [5.41, 5.74) is -3.22. The Morgan fingerprint density at radius 1 is 0.741 bits per heavy atom. The molecule has 150 valence electrons. The van der Waals surface area contributed by atoms with Crippen LogP contribution in [0.4, 0.5) is 0 Å². The first-order valence-electron chi connectivity index (χ1n) is 9.46. The Kier molecular flexibility index (Phi) is 10.1. The lowest BCUT2D eigenvalue weighted by molar-refractivity contribution is -0.635. The van der Waals surface area contributed by atoms with E-state index in [0.717, 1.165) is 0 Å². The summed E-state index contributed by atoms with van der Waals surface area (Å²) in [5, 5.41) is 43.8. The predicted molar refractivity (Wildman–Crippen MR) is 100 cm³/mol. The van der Waals surface area contributed by atoms with Crippen LogP contribution in [0.3, 0.4) is 0 Å². The maximum atomic E-state index is 10.8. The topological polar surface area (TPSA) is 164 Å². The van der Waals surface area contributed by atoms with Crippen LogP contribution in [-0.4, -0.2) is 47.8 Å². The molecule has 0 atom stereocenters. The summed E-state index contributed by atoms with van der Waals surface area (Å²) >= 11 is 0. The molecule has 3 fully saturated rings. The van der Waals surface area contributed by atoms with Crippen molar-refractivity contribution < 1.29 is 20.5 Å². The second kappa shape index (κ2) is 12.1. The lowest BCUT2D eigenvalue weighted by Crippen LogP contribution is -2.80. The summed E-state index contributed by atoms with van der Waals surface area (Å²) in [6.07, 6.45) is 7.03. The van der Waals surface area contributed by atoms with Crippen LogP contribution in [0.15, 0.2) is 11.4 Å². The molecule has 4 N–H and O–H groups in total. The van der Waals surface area contributed by atoms with Crippen LogP contribution >= 0.6 is 0 Å². The second-order valence-corrected chi connectivity index (χ2v) is 6.87. The molecule has 0 radical (unpaired) electrons. The van der Waals surface area contributed by atoms with E-state index < -0.39 is 26.7 Å². The third-order valence-corrected chi connectivity index (χ3v) is 5.07. The molecule has 0 unspecified atom stereocenters. The lowest BCUT2D eigenvalue weighted by Gasteiger charge is -2.21. The second-order valence-electron chi connectivity index (χ2n) is 6.87. The van der Waals surface area contributed by atoms with Gasteiger partial charge >= 0.3 is 0 Å². The smallest absolute Gasteiger partial charge is 0.283 e. The van der Waals surface area contributed by atoms with Crippen molar-refractivity contribution >= 4 is 11.7 Å². The highest BCUT2D eigenvalue weighted by Gasteiger charge is 2.53. The highest BCUT2D eigenvalue weighted by molar-refractivity contribution is 5.67. The van der Waals surface area contributed by atoms with Crippen LogP contribution < -0.4 is 10.6 Å². The molecule has 2 heterocycles. The van der Waals surface area contributed by atoms with E-state index in [2.05, 4.69) is 10.6 Å². The molecular formula is C17H28N6O4. The zero-order valence-corrected chi connectivity index (χ0v) is 15.6. The summed E-state index contributed by atoms with van der Waals surface area (Å²) in [4.78, 5) is 19.7. The van der Waals surface area contributed by atoms with Crippen molar-refractivity contribution in [2.24, 2.45) is 5.41 Å². The fraction of sp³-hybridized carbons (Fsp3) is 0.765. The number of nitrogens with zero attached hydrogens (tertiary/aromatic N) is 4. The van der Waals surface area contributed by atoms with Crippen molar-refractivity contribution in [2.45, 2.75) is 51.4 Å². The summed E-state index contributed by atoms with van der Waals surface area (Å²) in [6.45, 7) is 5.50. The van der Waals surface area contributed by atoms with Gasteiger partial charge in [-0.05, 0) is 12.8 Å². The quantitative estimate of drug-likeness (QED) is 0.399. The summed E-state index contributed by atoms with van der Waals surface area (Å²) < 4.78 is 0. The van der Waals surface area contributed by atoms with Crippen molar-refractivity contribution in [2.75, 3.05) is 26.2 Å². The normalized spacial score (nSPS) is 19.4. The van der Waals surface area contributed by atoms with Crippen LogP contribution in [0, 0.1) is 25.6 Å². The van der Waals surface area contributed by atoms with Gasteiger partial charge in [-0.1, -0.05) is 12.8 Å². The van der Waals surface area contributed by atoms with E-state index in [1.54, 1.807) is 0 Å². The number of hydrogen-bond acceptors (Lipinski definition) is 4. The minimum atomic E-state index is -1.61. The Morgan fingerprint density at radius 2 is 1.07 bits per heavy atom. The van der Waals surface area contributed by atoms with Gasteiger partial charge in [-0.3, -0.25) is 20.2 Å². The van der Waals surface area contributed by atoms with Gasteiger partial charge in [0.25, 0.3) is 11.4 Å².